The SMILES string of the molecule is SCCOCCOc1c(OCCOCCS)c(-c2ccccc2)c2nsnc2c1-c1ccccc1. The van der Waals surface area contributed by atoms with E-state index in [1.807, 2.05) is 60.7 Å². The first-order valence-electron chi connectivity index (χ1n) is 11.4. The van der Waals surface area contributed by atoms with Crippen LogP contribution in [0.3, 0.4) is 0 Å². The number of thiol groups is 2. The van der Waals surface area contributed by atoms with Crippen molar-refractivity contribution in [2.24, 2.45) is 0 Å². The molecule has 1 heterocycles. The van der Waals surface area contributed by atoms with Crippen LogP contribution in [-0.2, 0) is 9.47 Å². The average Bonchev–Trinajstić information content (AvgIpc) is 3.38. The molecule has 0 saturated carbocycles. The highest BCUT2D eigenvalue weighted by atomic mass is 32.1. The molecule has 4 aromatic rings. The summed E-state index contributed by atoms with van der Waals surface area (Å²) in [6.07, 6.45) is 0. The van der Waals surface area contributed by atoms with Crippen molar-refractivity contribution in [3.8, 4) is 33.8 Å². The third-order valence-corrected chi connectivity index (χ3v) is 6.06. The molecule has 3 aromatic carbocycles. The minimum Gasteiger partial charge on any atom is -0.487 e. The lowest BCUT2D eigenvalue weighted by atomic mass is 9.95. The Bertz CT molecular complexity index is 1100. The molecule has 0 amide bonds. The van der Waals surface area contributed by atoms with E-state index in [-0.39, 0.29) is 0 Å². The quantitative estimate of drug-likeness (QED) is 0.162. The molecule has 0 aliphatic rings. The number of rotatable bonds is 14. The van der Waals surface area contributed by atoms with E-state index in [2.05, 4.69) is 34.0 Å². The van der Waals surface area contributed by atoms with Gasteiger partial charge in [0.2, 0.25) is 0 Å². The summed E-state index contributed by atoms with van der Waals surface area (Å²) in [5.74, 6) is 2.56. The average molecular weight is 529 g/mol. The van der Waals surface area contributed by atoms with E-state index in [9.17, 15) is 0 Å². The molecule has 0 fully saturated rings. The van der Waals surface area contributed by atoms with Gasteiger partial charge in [-0.3, -0.25) is 0 Å². The molecule has 0 bridgehead atoms. The molecule has 0 aliphatic heterocycles. The van der Waals surface area contributed by atoms with Crippen LogP contribution in [0.4, 0.5) is 0 Å². The zero-order valence-corrected chi connectivity index (χ0v) is 21.9. The van der Waals surface area contributed by atoms with Crippen molar-refractivity contribution < 1.29 is 18.9 Å². The number of ether oxygens (including phenoxy) is 4. The van der Waals surface area contributed by atoms with Gasteiger partial charge in [0, 0.05) is 11.5 Å². The van der Waals surface area contributed by atoms with Crippen LogP contribution < -0.4 is 9.47 Å². The van der Waals surface area contributed by atoms with E-state index in [1.54, 1.807) is 0 Å². The van der Waals surface area contributed by atoms with Crippen LogP contribution in [0.1, 0.15) is 0 Å². The number of aromatic nitrogens is 2. The number of hydrogen-bond donors (Lipinski definition) is 2. The Morgan fingerprint density at radius 3 is 1.40 bits per heavy atom. The van der Waals surface area contributed by atoms with E-state index in [0.29, 0.717) is 62.6 Å². The highest BCUT2D eigenvalue weighted by molar-refractivity contribution is 7.80. The predicted molar refractivity (Wildman–Crippen MR) is 149 cm³/mol. The molecule has 0 saturated heterocycles. The van der Waals surface area contributed by atoms with Gasteiger partial charge < -0.3 is 18.9 Å². The fourth-order valence-electron chi connectivity index (χ4n) is 3.72. The minimum absolute atomic E-state index is 0.359. The topological polar surface area (TPSA) is 62.7 Å². The smallest absolute Gasteiger partial charge is 0.172 e. The Morgan fingerprint density at radius 1 is 0.571 bits per heavy atom. The molecule has 0 unspecified atom stereocenters. The fourth-order valence-corrected chi connectivity index (χ4v) is 4.54. The Kier molecular flexibility index (Phi) is 10.1. The second-order valence-electron chi connectivity index (χ2n) is 7.47. The zero-order valence-electron chi connectivity index (χ0n) is 19.3. The standard InChI is InChI=1S/C26H28N2O4S3/c33-17-15-29-11-13-31-25-21(19-7-3-1-4-8-19)23-24(28-35-27-23)22(20-9-5-2-6-10-20)26(25)32-14-12-30-16-18-34/h1-10,33-34H,11-18H2. The van der Waals surface area contributed by atoms with Crippen molar-refractivity contribution in [2.75, 3.05) is 51.1 Å². The largest absolute Gasteiger partial charge is 0.487 e. The number of hydrogen-bond acceptors (Lipinski definition) is 9. The normalized spacial score (nSPS) is 11.1. The molecule has 35 heavy (non-hydrogen) atoms. The van der Waals surface area contributed by atoms with E-state index in [1.165, 1.54) is 11.7 Å². The Balaban J connectivity index is 1.86. The van der Waals surface area contributed by atoms with Crippen molar-refractivity contribution in [3.05, 3.63) is 60.7 Å². The molecular formula is C26H28N2O4S3. The van der Waals surface area contributed by atoms with E-state index in [0.717, 1.165) is 33.3 Å². The molecule has 9 heteroatoms. The van der Waals surface area contributed by atoms with Crippen LogP contribution in [0.25, 0.3) is 33.3 Å². The first-order chi connectivity index (χ1) is 17.3. The molecule has 1 aromatic heterocycles. The van der Waals surface area contributed by atoms with Crippen molar-refractivity contribution in [1.82, 2.24) is 8.75 Å². The van der Waals surface area contributed by atoms with Gasteiger partial charge in [-0.25, -0.2) is 0 Å². The monoisotopic (exact) mass is 528 g/mol. The second-order valence-corrected chi connectivity index (χ2v) is 8.89. The van der Waals surface area contributed by atoms with Gasteiger partial charge in [0.1, 0.15) is 24.2 Å². The lowest BCUT2D eigenvalue weighted by molar-refractivity contribution is 0.102. The van der Waals surface area contributed by atoms with Crippen molar-refractivity contribution >= 4 is 48.0 Å². The van der Waals surface area contributed by atoms with Crippen molar-refractivity contribution in [3.63, 3.8) is 0 Å². The lowest BCUT2D eigenvalue weighted by Crippen LogP contribution is -2.13. The fraction of sp³-hybridized carbons (Fsp3) is 0.308. The van der Waals surface area contributed by atoms with Crippen molar-refractivity contribution in [1.29, 1.82) is 0 Å². The summed E-state index contributed by atoms with van der Waals surface area (Å²) in [5.41, 5.74) is 5.23. The summed E-state index contributed by atoms with van der Waals surface area (Å²) < 4.78 is 33.4. The molecular weight excluding hydrogens is 500 g/mol. The molecule has 4 rings (SSSR count). The molecule has 0 spiro atoms. The molecule has 6 nitrogen and oxygen atoms in total. The molecule has 0 atom stereocenters. The molecule has 184 valence electrons. The van der Waals surface area contributed by atoms with Crippen molar-refractivity contribution in [2.45, 2.75) is 0 Å². The van der Waals surface area contributed by atoms with Gasteiger partial charge in [-0.1, -0.05) is 60.7 Å². The number of benzene rings is 3. The van der Waals surface area contributed by atoms with Gasteiger partial charge in [0.05, 0.1) is 49.3 Å². The number of nitrogens with zero attached hydrogens (tertiary/aromatic N) is 2. The minimum atomic E-state index is 0.359. The van der Waals surface area contributed by atoms with E-state index < -0.39 is 0 Å². The van der Waals surface area contributed by atoms with E-state index >= 15 is 0 Å². The Labute approximate surface area is 220 Å². The summed E-state index contributed by atoms with van der Waals surface area (Å²) >= 11 is 9.59. The number of fused-ring (bicyclic) bond motifs is 1. The van der Waals surface area contributed by atoms with Gasteiger partial charge in [-0.05, 0) is 11.1 Å². The molecule has 0 radical (unpaired) electrons. The molecule has 0 N–H and O–H groups in total. The third-order valence-electron chi connectivity index (χ3n) is 5.17. The zero-order chi connectivity index (χ0) is 24.3. The maximum atomic E-state index is 6.40. The van der Waals surface area contributed by atoms with Crippen LogP contribution >= 0.6 is 37.0 Å². The summed E-state index contributed by atoms with van der Waals surface area (Å²) in [5, 5.41) is 0. The van der Waals surface area contributed by atoms with Crippen LogP contribution in [0.15, 0.2) is 60.7 Å². The first-order valence-corrected chi connectivity index (χ1v) is 13.4. The van der Waals surface area contributed by atoms with Crippen LogP contribution in [0.5, 0.6) is 11.5 Å². The van der Waals surface area contributed by atoms with Crippen LogP contribution in [-0.4, -0.2) is 59.9 Å². The summed E-state index contributed by atoms with van der Waals surface area (Å²) in [6, 6.07) is 20.1. The summed E-state index contributed by atoms with van der Waals surface area (Å²) in [4.78, 5) is 0. The second kappa shape index (κ2) is 13.7. The third kappa shape index (κ3) is 6.48. The summed E-state index contributed by atoms with van der Waals surface area (Å²) in [6.45, 7) is 2.72. The van der Waals surface area contributed by atoms with Gasteiger partial charge in [-0.2, -0.15) is 34.0 Å². The van der Waals surface area contributed by atoms with Gasteiger partial charge >= 0.3 is 0 Å². The molecule has 0 aliphatic carbocycles. The van der Waals surface area contributed by atoms with Crippen LogP contribution in [0, 0.1) is 0 Å². The van der Waals surface area contributed by atoms with Gasteiger partial charge in [0.15, 0.2) is 11.5 Å². The first kappa shape index (κ1) is 25.8. The lowest BCUT2D eigenvalue weighted by Gasteiger charge is -2.21. The van der Waals surface area contributed by atoms with Gasteiger partial charge in [0.25, 0.3) is 0 Å². The Morgan fingerprint density at radius 2 is 1.00 bits per heavy atom. The van der Waals surface area contributed by atoms with Gasteiger partial charge in [-0.15, -0.1) is 0 Å². The maximum absolute atomic E-state index is 6.40. The highest BCUT2D eigenvalue weighted by Crippen LogP contribution is 2.50. The summed E-state index contributed by atoms with van der Waals surface area (Å²) in [7, 11) is 0. The highest BCUT2D eigenvalue weighted by Gasteiger charge is 2.27. The maximum Gasteiger partial charge on any atom is 0.172 e. The predicted octanol–water partition coefficient (Wildman–Crippen LogP) is 5.68. The van der Waals surface area contributed by atoms with Crippen LogP contribution in [0.2, 0.25) is 0 Å². The van der Waals surface area contributed by atoms with E-state index in [4.69, 9.17) is 18.9 Å². The Hall–Kier alpha value is -2.30.